The molecule has 0 radical (unpaired) electrons. The molecule has 0 bridgehead atoms. The molecule has 0 spiro atoms. The van der Waals surface area contributed by atoms with E-state index in [0.29, 0.717) is 5.39 Å². The van der Waals surface area contributed by atoms with Crippen LogP contribution in [0.5, 0.6) is 0 Å². The molecule has 2 heterocycles. The van der Waals surface area contributed by atoms with Crippen LogP contribution in [0.25, 0.3) is 11.0 Å². The molecule has 2 aromatic heterocycles. The Hall–Kier alpha value is -2.26. The number of hydrogen-bond acceptors (Lipinski definition) is 8. The Labute approximate surface area is 113 Å². The average Bonchev–Trinajstić information content (AvgIpc) is 2.83. The van der Waals surface area contributed by atoms with E-state index < -0.39 is 18.2 Å². The van der Waals surface area contributed by atoms with Gasteiger partial charge in [-0.2, -0.15) is 5.10 Å². The third-order valence-corrected chi connectivity index (χ3v) is 2.75. The van der Waals surface area contributed by atoms with Crippen LogP contribution in [-0.2, 0) is 9.53 Å². The number of nitrogens with one attached hydrogen (secondary N) is 1. The fourth-order valence-electron chi connectivity index (χ4n) is 1.81. The number of aliphatic hydroxyl groups is 2. The highest BCUT2D eigenvalue weighted by atomic mass is 16.5. The quantitative estimate of drug-likeness (QED) is 0.525. The Morgan fingerprint density at radius 3 is 2.95 bits per heavy atom. The number of aliphatic hydroxyl groups excluding tert-OH is 2. The maximum absolute atomic E-state index is 11.3. The van der Waals surface area contributed by atoms with Crippen molar-refractivity contribution in [1.82, 2.24) is 20.2 Å². The van der Waals surface area contributed by atoms with Gasteiger partial charge in [0.25, 0.3) is 0 Å². The van der Waals surface area contributed by atoms with Gasteiger partial charge in [0, 0.05) is 0 Å². The maximum atomic E-state index is 11.3. The van der Waals surface area contributed by atoms with Crippen LogP contribution in [0.1, 0.15) is 25.1 Å². The van der Waals surface area contributed by atoms with Gasteiger partial charge in [0.1, 0.15) is 18.2 Å². The SMILES string of the molecule is CCOC(=O)CC(O)C(O)c1[nH]nc2ncnc(N)c12. The summed E-state index contributed by atoms with van der Waals surface area (Å²) >= 11 is 0. The van der Waals surface area contributed by atoms with Gasteiger partial charge in [-0.1, -0.05) is 0 Å². The number of esters is 1. The van der Waals surface area contributed by atoms with Crippen LogP contribution < -0.4 is 5.73 Å². The monoisotopic (exact) mass is 281 g/mol. The predicted octanol–water partition coefficient (Wildman–Crippen LogP) is -0.717. The third-order valence-electron chi connectivity index (χ3n) is 2.75. The van der Waals surface area contributed by atoms with Crippen molar-refractivity contribution >= 4 is 22.8 Å². The number of carbonyl (C=O) groups is 1. The molecule has 0 saturated carbocycles. The van der Waals surface area contributed by atoms with Crippen LogP contribution in [0.4, 0.5) is 5.82 Å². The van der Waals surface area contributed by atoms with Crippen LogP contribution in [-0.4, -0.2) is 49.1 Å². The number of rotatable bonds is 5. The first-order valence-electron chi connectivity index (χ1n) is 6.00. The van der Waals surface area contributed by atoms with Crippen LogP contribution in [0.2, 0.25) is 0 Å². The number of fused-ring (bicyclic) bond motifs is 1. The standard InChI is InChI=1S/C11H15N5O4/c1-2-20-6(18)3-5(17)9(19)8-7-10(12)13-4-14-11(7)16-15-8/h4-5,9,17,19H,2-3H2,1H3,(H3,12,13,14,15,16). The molecular weight excluding hydrogens is 266 g/mol. The largest absolute Gasteiger partial charge is 0.466 e. The highest BCUT2D eigenvalue weighted by Crippen LogP contribution is 2.27. The van der Waals surface area contributed by atoms with Crippen molar-refractivity contribution in [2.45, 2.75) is 25.6 Å². The second kappa shape index (κ2) is 5.80. The smallest absolute Gasteiger partial charge is 0.308 e. The Kier molecular flexibility index (Phi) is 4.11. The van der Waals surface area contributed by atoms with E-state index in [-0.39, 0.29) is 30.2 Å². The summed E-state index contributed by atoms with van der Waals surface area (Å²) in [6, 6.07) is 0. The second-order valence-electron chi connectivity index (χ2n) is 4.12. The van der Waals surface area contributed by atoms with Crippen molar-refractivity contribution in [3.05, 3.63) is 12.0 Å². The van der Waals surface area contributed by atoms with Gasteiger partial charge in [-0.05, 0) is 6.92 Å². The van der Waals surface area contributed by atoms with Gasteiger partial charge in [0.15, 0.2) is 5.65 Å². The van der Waals surface area contributed by atoms with Crippen LogP contribution in [0, 0.1) is 0 Å². The Morgan fingerprint density at radius 2 is 2.25 bits per heavy atom. The van der Waals surface area contributed by atoms with Gasteiger partial charge < -0.3 is 20.7 Å². The summed E-state index contributed by atoms with van der Waals surface area (Å²) in [5.74, 6) is -0.478. The van der Waals surface area contributed by atoms with Crippen molar-refractivity contribution in [3.63, 3.8) is 0 Å². The lowest BCUT2D eigenvalue weighted by molar-refractivity contribution is -0.147. The zero-order valence-electron chi connectivity index (χ0n) is 10.8. The zero-order chi connectivity index (χ0) is 14.7. The minimum Gasteiger partial charge on any atom is -0.466 e. The van der Waals surface area contributed by atoms with Gasteiger partial charge in [-0.15, -0.1) is 0 Å². The number of aromatic amines is 1. The predicted molar refractivity (Wildman–Crippen MR) is 68.3 cm³/mol. The number of H-pyrrole nitrogens is 1. The number of nitrogen functional groups attached to an aromatic ring is 1. The Morgan fingerprint density at radius 1 is 1.50 bits per heavy atom. The van der Waals surface area contributed by atoms with Gasteiger partial charge in [0.2, 0.25) is 0 Å². The number of aromatic nitrogens is 4. The third kappa shape index (κ3) is 2.68. The molecule has 9 heteroatoms. The average molecular weight is 281 g/mol. The van der Waals surface area contributed by atoms with Gasteiger partial charge >= 0.3 is 5.97 Å². The summed E-state index contributed by atoms with van der Waals surface area (Å²) in [5, 5.41) is 26.7. The highest BCUT2D eigenvalue weighted by molar-refractivity contribution is 5.87. The first kappa shape index (κ1) is 14.2. The highest BCUT2D eigenvalue weighted by Gasteiger charge is 2.26. The molecule has 0 aromatic carbocycles. The molecule has 0 fully saturated rings. The summed E-state index contributed by atoms with van der Waals surface area (Å²) in [6.45, 7) is 1.86. The van der Waals surface area contributed by atoms with E-state index in [2.05, 4.69) is 20.2 Å². The van der Waals surface area contributed by atoms with Crippen molar-refractivity contribution in [2.24, 2.45) is 0 Å². The lowest BCUT2D eigenvalue weighted by atomic mass is 10.1. The molecule has 9 nitrogen and oxygen atoms in total. The molecule has 2 unspecified atom stereocenters. The summed E-state index contributed by atoms with van der Waals surface area (Å²) < 4.78 is 4.71. The molecule has 20 heavy (non-hydrogen) atoms. The van der Waals surface area contributed by atoms with Crippen LogP contribution in [0.15, 0.2) is 6.33 Å². The number of carbonyl (C=O) groups excluding carboxylic acids is 1. The summed E-state index contributed by atoms with van der Waals surface area (Å²) in [5.41, 5.74) is 6.13. The summed E-state index contributed by atoms with van der Waals surface area (Å²) in [6.07, 6.45) is -1.83. The van der Waals surface area contributed by atoms with E-state index in [1.54, 1.807) is 6.92 Å². The van der Waals surface area contributed by atoms with Crippen molar-refractivity contribution in [3.8, 4) is 0 Å². The molecule has 2 aromatic rings. The first-order chi connectivity index (χ1) is 9.54. The molecule has 2 rings (SSSR count). The van der Waals surface area contributed by atoms with E-state index in [9.17, 15) is 15.0 Å². The zero-order valence-corrected chi connectivity index (χ0v) is 10.8. The molecule has 108 valence electrons. The van der Waals surface area contributed by atoms with Crippen LogP contribution in [0.3, 0.4) is 0 Å². The number of ether oxygens (including phenoxy) is 1. The molecule has 0 aliphatic carbocycles. The number of anilines is 1. The molecule has 0 aliphatic heterocycles. The minimum atomic E-state index is -1.38. The number of nitrogens with zero attached hydrogens (tertiary/aromatic N) is 3. The molecule has 2 atom stereocenters. The van der Waals surface area contributed by atoms with Crippen molar-refractivity contribution in [2.75, 3.05) is 12.3 Å². The normalized spacial score (nSPS) is 14.2. The van der Waals surface area contributed by atoms with Crippen molar-refractivity contribution < 1.29 is 19.7 Å². The van der Waals surface area contributed by atoms with E-state index in [4.69, 9.17) is 10.5 Å². The van der Waals surface area contributed by atoms with Gasteiger partial charge in [-0.3, -0.25) is 9.89 Å². The lowest BCUT2D eigenvalue weighted by Crippen LogP contribution is -2.23. The Balaban J connectivity index is 2.23. The maximum Gasteiger partial charge on any atom is 0.308 e. The minimum absolute atomic E-state index is 0.126. The van der Waals surface area contributed by atoms with Gasteiger partial charge in [-0.25, -0.2) is 9.97 Å². The lowest BCUT2D eigenvalue weighted by Gasteiger charge is -2.16. The fourth-order valence-corrected chi connectivity index (χ4v) is 1.81. The van der Waals surface area contributed by atoms with Crippen LogP contribution >= 0.6 is 0 Å². The van der Waals surface area contributed by atoms with E-state index >= 15 is 0 Å². The molecule has 0 amide bonds. The molecule has 0 aliphatic rings. The number of hydrogen-bond donors (Lipinski definition) is 4. The molecular formula is C11H15N5O4. The van der Waals surface area contributed by atoms with E-state index in [0.717, 1.165) is 0 Å². The van der Waals surface area contributed by atoms with Gasteiger partial charge in [0.05, 0.1) is 30.2 Å². The van der Waals surface area contributed by atoms with E-state index in [1.807, 2.05) is 0 Å². The molecule has 0 saturated heterocycles. The van der Waals surface area contributed by atoms with Crippen molar-refractivity contribution in [1.29, 1.82) is 0 Å². The number of nitrogens with two attached hydrogens (primary N) is 1. The fraction of sp³-hybridized carbons (Fsp3) is 0.455. The summed E-state index contributed by atoms with van der Waals surface area (Å²) in [4.78, 5) is 19.0. The Bertz CT molecular complexity index is 614. The first-order valence-corrected chi connectivity index (χ1v) is 6.00. The second-order valence-corrected chi connectivity index (χ2v) is 4.12. The summed E-state index contributed by atoms with van der Waals surface area (Å²) in [7, 11) is 0. The topological polar surface area (TPSA) is 147 Å². The van der Waals surface area contributed by atoms with E-state index in [1.165, 1.54) is 6.33 Å². The molecule has 5 N–H and O–H groups in total.